The van der Waals surface area contributed by atoms with Gasteiger partial charge in [-0.15, -0.1) is 23.1 Å². The maximum Gasteiger partial charge on any atom is 0.416 e. The molecule has 0 aliphatic carbocycles. The molecule has 2 aliphatic heterocycles. The van der Waals surface area contributed by atoms with E-state index in [2.05, 4.69) is 10.3 Å². The molecule has 0 radical (unpaired) electrons. The molecule has 10 heteroatoms. The van der Waals surface area contributed by atoms with Gasteiger partial charge in [-0.1, -0.05) is 18.2 Å². The standard InChI is InChI=1S/C19H18F3N3O2S2/c1-18-6-5-15(26)25(18)14(10-28-18)16(27)24-17-23-9-13(29-17)8-11-3-2-4-12(7-11)19(20,21)22/h2-4,7,9,14H,5-6,8,10H2,1H3,(H,23,24,27)/t14-,18+/m0/s1. The zero-order valence-electron chi connectivity index (χ0n) is 15.5. The number of hydrogen-bond donors (Lipinski definition) is 1. The second kappa shape index (κ2) is 7.32. The predicted molar refractivity (Wildman–Crippen MR) is 106 cm³/mol. The smallest absolute Gasteiger partial charge is 0.315 e. The maximum absolute atomic E-state index is 12.9. The molecule has 1 N–H and O–H groups in total. The molecule has 29 heavy (non-hydrogen) atoms. The Morgan fingerprint density at radius 2 is 2.21 bits per heavy atom. The number of nitrogens with zero attached hydrogens (tertiary/aromatic N) is 2. The second-order valence-electron chi connectivity index (χ2n) is 7.26. The third kappa shape index (κ3) is 4.00. The molecule has 154 valence electrons. The van der Waals surface area contributed by atoms with Crippen LogP contribution in [0.25, 0.3) is 0 Å². The molecule has 0 bridgehead atoms. The number of halogens is 3. The molecular weight excluding hydrogens is 423 g/mol. The van der Waals surface area contributed by atoms with E-state index < -0.39 is 17.8 Å². The highest BCUT2D eigenvalue weighted by Gasteiger charge is 2.52. The molecule has 4 rings (SSSR count). The Balaban J connectivity index is 1.42. The summed E-state index contributed by atoms with van der Waals surface area (Å²) in [4.78, 5) is 31.1. The fraction of sp³-hybridized carbons (Fsp3) is 0.421. The van der Waals surface area contributed by atoms with Crippen LogP contribution in [0.1, 0.15) is 35.8 Å². The quantitative estimate of drug-likeness (QED) is 0.775. The third-order valence-electron chi connectivity index (χ3n) is 5.16. The summed E-state index contributed by atoms with van der Waals surface area (Å²) in [5.74, 6) is 0.245. The molecule has 2 aromatic rings. The van der Waals surface area contributed by atoms with Crippen LogP contribution >= 0.6 is 23.1 Å². The van der Waals surface area contributed by atoms with Gasteiger partial charge in [-0.25, -0.2) is 4.98 Å². The molecular formula is C19H18F3N3O2S2. The van der Waals surface area contributed by atoms with E-state index >= 15 is 0 Å². The number of hydrogen-bond acceptors (Lipinski definition) is 5. The van der Waals surface area contributed by atoms with E-state index in [1.807, 2.05) is 6.92 Å². The minimum absolute atomic E-state index is 0.0120. The number of benzene rings is 1. The topological polar surface area (TPSA) is 62.3 Å². The summed E-state index contributed by atoms with van der Waals surface area (Å²) in [7, 11) is 0. The Kier molecular flexibility index (Phi) is 5.10. The predicted octanol–water partition coefficient (Wildman–Crippen LogP) is 4.15. The van der Waals surface area contributed by atoms with Crippen LogP contribution in [-0.2, 0) is 22.2 Å². The summed E-state index contributed by atoms with van der Waals surface area (Å²) < 4.78 is 38.6. The van der Waals surface area contributed by atoms with Crippen molar-refractivity contribution in [3.8, 4) is 0 Å². The lowest BCUT2D eigenvalue weighted by Gasteiger charge is -2.29. The van der Waals surface area contributed by atoms with Crippen LogP contribution in [0, 0.1) is 0 Å². The number of anilines is 1. The lowest BCUT2D eigenvalue weighted by atomic mass is 10.1. The van der Waals surface area contributed by atoms with Crippen molar-refractivity contribution in [2.24, 2.45) is 0 Å². The highest BCUT2D eigenvalue weighted by molar-refractivity contribution is 8.01. The summed E-state index contributed by atoms with van der Waals surface area (Å²) in [5.41, 5.74) is -0.169. The SMILES string of the molecule is C[C@@]12CCC(=O)N1[C@H](C(=O)Nc1ncc(Cc3cccc(C(F)(F)F)c3)s1)CS2. The number of fused-ring (bicyclic) bond motifs is 1. The van der Waals surface area contributed by atoms with Gasteiger partial charge in [0.05, 0.1) is 10.4 Å². The van der Waals surface area contributed by atoms with Crippen LogP contribution in [0.3, 0.4) is 0 Å². The van der Waals surface area contributed by atoms with Crippen molar-refractivity contribution in [2.75, 3.05) is 11.1 Å². The van der Waals surface area contributed by atoms with Crippen LogP contribution in [0.5, 0.6) is 0 Å². The fourth-order valence-electron chi connectivity index (χ4n) is 3.71. The summed E-state index contributed by atoms with van der Waals surface area (Å²) in [6.07, 6.45) is -1.36. The van der Waals surface area contributed by atoms with Gasteiger partial charge in [-0.05, 0) is 25.0 Å². The molecule has 1 aromatic heterocycles. The molecule has 2 saturated heterocycles. The first-order chi connectivity index (χ1) is 13.7. The normalized spacial score (nSPS) is 24.1. The van der Waals surface area contributed by atoms with Crippen LogP contribution in [0.2, 0.25) is 0 Å². The highest BCUT2D eigenvalue weighted by atomic mass is 32.2. The van der Waals surface area contributed by atoms with Gasteiger partial charge in [0.2, 0.25) is 11.8 Å². The van der Waals surface area contributed by atoms with Crippen molar-refractivity contribution < 1.29 is 22.8 Å². The van der Waals surface area contributed by atoms with E-state index in [1.165, 1.54) is 17.4 Å². The van der Waals surface area contributed by atoms with Crippen LogP contribution < -0.4 is 5.32 Å². The number of aromatic nitrogens is 1. The van der Waals surface area contributed by atoms with E-state index in [0.717, 1.165) is 23.4 Å². The number of carbonyl (C=O) groups excluding carboxylic acids is 2. The van der Waals surface area contributed by atoms with Crippen molar-refractivity contribution in [2.45, 2.75) is 43.3 Å². The highest BCUT2D eigenvalue weighted by Crippen LogP contribution is 2.47. The van der Waals surface area contributed by atoms with Gasteiger partial charge >= 0.3 is 6.18 Å². The number of thioether (sulfide) groups is 1. The number of nitrogens with one attached hydrogen (secondary N) is 1. The monoisotopic (exact) mass is 441 g/mol. The molecule has 2 atom stereocenters. The summed E-state index contributed by atoms with van der Waals surface area (Å²) in [5, 5.41) is 3.13. The largest absolute Gasteiger partial charge is 0.416 e. The van der Waals surface area contributed by atoms with E-state index in [1.54, 1.807) is 28.9 Å². The van der Waals surface area contributed by atoms with E-state index in [-0.39, 0.29) is 16.7 Å². The molecule has 0 spiro atoms. The minimum Gasteiger partial charge on any atom is -0.315 e. The lowest BCUT2D eigenvalue weighted by Crippen LogP contribution is -2.48. The third-order valence-corrected chi connectivity index (χ3v) is 7.58. The van der Waals surface area contributed by atoms with Crippen LogP contribution in [0.15, 0.2) is 30.5 Å². The number of amides is 2. The Morgan fingerprint density at radius 3 is 2.97 bits per heavy atom. The number of alkyl halides is 3. The fourth-order valence-corrected chi connectivity index (χ4v) is 5.99. The van der Waals surface area contributed by atoms with Gasteiger partial charge < -0.3 is 10.2 Å². The van der Waals surface area contributed by atoms with Crippen molar-refractivity contribution in [1.82, 2.24) is 9.88 Å². The zero-order chi connectivity index (χ0) is 20.8. The second-order valence-corrected chi connectivity index (χ2v) is 9.88. The Labute approximate surface area is 173 Å². The first-order valence-electron chi connectivity index (χ1n) is 9.03. The first-order valence-corrected chi connectivity index (χ1v) is 10.8. The summed E-state index contributed by atoms with van der Waals surface area (Å²) in [6.45, 7) is 1.98. The van der Waals surface area contributed by atoms with E-state index in [9.17, 15) is 22.8 Å². The number of thiazole rings is 1. The van der Waals surface area contributed by atoms with Gasteiger partial charge in [0.15, 0.2) is 5.13 Å². The summed E-state index contributed by atoms with van der Waals surface area (Å²) >= 11 is 2.83. The Hall–Kier alpha value is -2.07. The molecule has 2 amide bonds. The molecule has 0 unspecified atom stereocenters. The average Bonchev–Trinajstić information content (AvgIpc) is 3.31. The Morgan fingerprint density at radius 1 is 1.41 bits per heavy atom. The van der Waals surface area contributed by atoms with Crippen molar-refractivity contribution >= 4 is 40.0 Å². The summed E-state index contributed by atoms with van der Waals surface area (Å²) in [6, 6.07) is 4.63. The number of carbonyl (C=O) groups is 2. The van der Waals surface area contributed by atoms with E-state index in [0.29, 0.717) is 29.3 Å². The molecule has 3 heterocycles. The maximum atomic E-state index is 12.9. The van der Waals surface area contributed by atoms with Gasteiger partial charge in [0.25, 0.3) is 0 Å². The molecule has 0 saturated carbocycles. The molecule has 1 aromatic carbocycles. The molecule has 2 aliphatic rings. The van der Waals surface area contributed by atoms with Gasteiger partial charge in [-0.2, -0.15) is 13.2 Å². The Bertz CT molecular complexity index is 962. The molecule has 5 nitrogen and oxygen atoms in total. The van der Waals surface area contributed by atoms with E-state index in [4.69, 9.17) is 0 Å². The molecule has 2 fully saturated rings. The van der Waals surface area contributed by atoms with Gasteiger partial charge in [0, 0.05) is 29.7 Å². The average molecular weight is 442 g/mol. The lowest BCUT2D eigenvalue weighted by molar-refractivity contribution is -0.137. The zero-order valence-corrected chi connectivity index (χ0v) is 17.1. The van der Waals surface area contributed by atoms with Gasteiger partial charge in [-0.3, -0.25) is 9.59 Å². The van der Waals surface area contributed by atoms with Crippen molar-refractivity contribution in [1.29, 1.82) is 0 Å². The number of rotatable bonds is 4. The first kappa shape index (κ1) is 20.2. The van der Waals surface area contributed by atoms with Crippen molar-refractivity contribution in [3.63, 3.8) is 0 Å². The van der Waals surface area contributed by atoms with Crippen LogP contribution in [0.4, 0.5) is 18.3 Å². The minimum atomic E-state index is -4.39. The van der Waals surface area contributed by atoms with Gasteiger partial charge in [0.1, 0.15) is 6.04 Å². The van der Waals surface area contributed by atoms with Crippen LogP contribution in [-0.4, -0.2) is 38.4 Å². The van der Waals surface area contributed by atoms with Crippen molar-refractivity contribution in [3.05, 3.63) is 46.5 Å².